The molecule has 0 radical (unpaired) electrons. The fourth-order valence-corrected chi connectivity index (χ4v) is 3.40. The molecule has 1 aromatic heterocycles. The minimum Gasteiger partial charge on any atom is -0.383 e. The fraction of sp³-hybridized carbons (Fsp3) is 0.545. The molecule has 0 amide bonds. The second-order valence-electron chi connectivity index (χ2n) is 7.23. The van der Waals surface area contributed by atoms with Crippen LogP contribution in [0.3, 0.4) is 0 Å². The van der Waals surface area contributed by atoms with Gasteiger partial charge >= 0.3 is 0 Å². The lowest BCUT2D eigenvalue weighted by atomic mass is 10.1. The van der Waals surface area contributed by atoms with Crippen LogP contribution in [0.2, 0.25) is 0 Å². The van der Waals surface area contributed by atoms with E-state index in [2.05, 4.69) is 61.6 Å². The molecule has 0 aliphatic rings. The highest BCUT2D eigenvalue weighted by Crippen LogP contribution is 2.14. The Balaban J connectivity index is 1.99. The highest BCUT2D eigenvalue weighted by atomic mass is 16.5. The second kappa shape index (κ2) is 10.9. The van der Waals surface area contributed by atoms with Crippen LogP contribution in [0.4, 0.5) is 0 Å². The van der Waals surface area contributed by atoms with Gasteiger partial charge in [-0.1, -0.05) is 29.3 Å². The monoisotopic (exact) mass is 385 g/mol. The summed E-state index contributed by atoms with van der Waals surface area (Å²) in [6, 6.07) is 6.71. The van der Waals surface area contributed by atoms with E-state index in [1.54, 1.807) is 7.11 Å². The van der Waals surface area contributed by atoms with Crippen LogP contribution in [0.5, 0.6) is 0 Å². The smallest absolute Gasteiger partial charge is 0.191 e. The van der Waals surface area contributed by atoms with Crippen molar-refractivity contribution < 1.29 is 4.74 Å². The summed E-state index contributed by atoms with van der Waals surface area (Å²) in [6.45, 7) is 14.2. The Morgan fingerprint density at radius 2 is 1.82 bits per heavy atom. The van der Waals surface area contributed by atoms with Crippen molar-refractivity contribution in [2.45, 2.75) is 54.1 Å². The summed E-state index contributed by atoms with van der Waals surface area (Å²) in [5.41, 5.74) is 7.35. The average molecular weight is 386 g/mol. The van der Waals surface area contributed by atoms with E-state index in [0.717, 1.165) is 43.4 Å². The summed E-state index contributed by atoms with van der Waals surface area (Å²) < 4.78 is 7.17. The average Bonchev–Trinajstić information content (AvgIpc) is 2.90. The first-order valence-corrected chi connectivity index (χ1v) is 10.1. The summed E-state index contributed by atoms with van der Waals surface area (Å²) in [5.74, 6) is 0.843. The van der Waals surface area contributed by atoms with Gasteiger partial charge in [0.2, 0.25) is 0 Å². The molecule has 0 aliphatic heterocycles. The molecule has 0 bridgehead atoms. The first-order valence-electron chi connectivity index (χ1n) is 10.1. The van der Waals surface area contributed by atoms with E-state index in [4.69, 9.17) is 9.73 Å². The van der Waals surface area contributed by atoms with Gasteiger partial charge in [0.05, 0.1) is 25.4 Å². The molecule has 2 N–H and O–H groups in total. The van der Waals surface area contributed by atoms with Gasteiger partial charge in [0, 0.05) is 31.5 Å². The topological polar surface area (TPSA) is 63.5 Å². The summed E-state index contributed by atoms with van der Waals surface area (Å²) in [4.78, 5) is 4.78. The number of ether oxygens (including phenoxy) is 1. The predicted octanol–water partition coefficient (Wildman–Crippen LogP) is 3.06. The van der Waals surface area contributed by atoms with Gasteiger partial charge in [-0.15, -0.1) is 0 Å². The standard InChI is InChI=1S/C22H35N5O/c1-7-23-22(24-9-8-20-13-16(2)12-17(3)14-20)25-15-21-18(4)26-27(19(21)5)10-11-28-6/h12-14H,7-11,15H2,1-6H3,(H2,23,24,25). The summed E-state index contributed by atoms with van der Waals surface area (Å²) in [6.07, 6.45) is 0.972. The third kappa shape index (κ3) is 6.37. The molecule has 0 atom stereocenters. The van der Waals surface area contributed by atoms with Crippen molar-refractivity contribution in [2.24, 2.45) is 4.99 Å². The van der Waals surface area contributed by atoms with Crippen molar-refractivity contribution in [2.75, 3.05) is 26.8 Å². The Morgan fingerprint density at radius 3 is 2.46 bits per heavy atom. The highest BCUT2D eigenvalue weighted by Gasteiger charge is 2.11. The largest absolute Gasteiger partial charge is 0.383 e. The molecule has 154 valence electrons. The van der Waals surface area contributed by atoms with E-state index in [9.17, 15) is 0 Å². The van der Waals surface area contributed by atoms with E-state index in [1.165, 1.54) is 22.3 Å². The normalized spacial score (nSPS) is 11.7. The Morgan fingerprint density at radius 1 is 1.11 bits per heavy atom. The fourth-order valence-electron chi connectivity index (χ4n) is 3.40. The van der Waals surface area contributed by atoms with Gasteiger partial charge in [-0.25, -0.2) is 4.99 Å². The quantitative estimate of drug-likeness (QED) is 0.514. The lowest BCUT2D eigenvalue weighted by Gasteiger charge is -2.12. The molecular weight excluding hydrogens is 350 g/mol. The Labute approximate surface area is 169 Å². The van der Waals surface area contributed by atoms with Crippen LogP contribution < -0.4 is 10.6 Å². The van der Waals surface area contributed by atoms with Gasteiger partial charge < -0.3 is 15.4 Å². The summed E-state index contributed by atoms with van der Waals surface area (Å²) >= 11 is 0. The molecule has 6 nitrogen and oxygen atoms in total. The molecule has 2 aromatic rings. The van der Waals surface area contributed by atoms with Crippen LogP contribution in [0, 0.1) is 27.7 Å². The number of methoxy groups -OCH3 is 1. The van der Waals surface area contributed by atoms with Crippen molar-refractivity contribution >= 4 is 5.96 Å². The number of hydrogen-bond acceptors (Lipinski definition) is 3. The number of benzene rings is 1. The lowest BCUT2D eigenvalue weighted by molar-refractivity contribution is 0.182. The van der Waals surface area contributed by atoms with Crippen LogP contribution in [-0.4, -0.2) is 42.5 Å². The molecule has 0 saturated heterocycles. The number of hydrogen-bond donors (Lipinski definition) is 2. The Hall–Kier alpha value is -2.34. The van der Waals surface area contributed by atoms with Gasteiger partial charge in [-0.3, -0.25) is 4.68 Å². The number of rotatable bonds is 9. The third-order valence-corrected chi connectivity index (χ3v) is 4.77. The van der Waals surface area contributed by atoms with Crippen LogP contribution in [-0.2, 0) is 24.2 Å². The molecular formula is C22H35N5O. The molecule has 0 unspecified atom stereocenters. The van der Waals surface area contributed by atoms with Crippen LogP contribution in [0.15, 0.2) is 23.2 Å². The van der Waals surface area contributed by atoms with Gasteiger partial charge in [0.15, 0.2) is 5.96 Å². The van der Waals surface area contributed by atoms with E-state index in [-0.39, 0.29) is 0 Å². The highest BCUT2D eigenvalue weighted by molar-refractivity contribution is 5.79. The Bertz CT molecular complexity index is 774. The van der Waals surface area contributed by atoms with Gasteiger partial charge in [0.1, 0.15) is 0 Å². The molecule has 0 spiro atoms. The van der Waals surface area contributed by atoms with E-state index < -0.39 is 0 Å². The predicted molar refractivity (Wildman–Crippen MR) is 116 cm³/mol. The minimum atomic E-state index is 0.615. The number of aliphatic imine (C=N–C) groups is 1. The number of aromatic nitrogens is 2. The number of nitrogens with zero attached hydrogens (tertiary/aromatic N) is 3. The zero-order chi connectivity index (χ0) is 20.5. The van der Waals surface area contributed by atoms with Gasteiger partial charge in [-0.05, 0) is 46.6 Å². The molecule has 2 rings (SSSR count). The molecule has 28 heavy (non-hydrogen) atoms. The molecule has 0 saturated carbocycles. The maximum atomic E-state index is 5.17. The van der Waals surface area contributed by atoms with Gasteiger partial charge in [-0.2, -0.15) is 5.10 Å². The molecule has 0 aliphatic carbocycles. The van der Waals surface area contributed by atoms with Crippen molar-refractivity contribution in [3.63, 3.8) is 0 Å². The summed E-state index contributed by atoms with van der Waals surface area (Å²) in [5, 5.41) is 11.4. The van der Waals surface area contributed by atoms with Crippen LogP contribution in [0.25, 0.3) is 0 Å². The van der Waals surface area contributed by atoms with Crippen molar-refractivity contribution in [1.82, 2.24) is 20.4 Å². The van der Waals surface area contributed by atoms with Crippen molar-refractivity contribution in [1.29, 1.82) is 0 Å². The molecule has 0 fully saturated rings. The Kier molecular flexibility index (Phi) is 8.51. The van der Waals surface area contributed by atoms with Gasteiger partial charge in [0.25, 0.3) is 0 Å². The minimum absolute atomic E-state index is 0.615. The number of aryl methyl sites for hydroxylation is 3. The van der Waals surface area contributed by atoms with Crippen LogP contribution >= 0.6 is 0 Å². The first kappa shape index (κ1) is 22.0. The van der Waals surface area contributed by atoms with Crippen molar-refractivity contribution in [3.8, 4) is 0 Å². The molecule has 1 aromatic carbocycles. The van der Waals surface area contributed by atoms with Crippen molar-refractivity contribution in [3.05, 3.63) is 51.8 Å². The maximum absolute atomic E-state index is 5.17. The molecule has 6 heteroatoms. The zero-order valence-corrected chi connectivity index (χ0v) is 18.2. The second-order valence-corrected chi connectivity index (χ2v) is 7.23. The third-order valence-electron chi connectivity index (χ3n) is 4.77. The van der Waals surface area contributed by atoms with E-state index >= 15 is 0 Å². The lowest BCUT2D eigenvalue weighted by Crippen LogP contribution is -2.38. The zero-order valence-electron chi connectivity index (χ0n) is 18.2. The number of guanidine groups is 1. The van der Waals surface area contributed by atoms with E-state index in [0.29, 0.717) is 13.2 Å². The summed E-state index contributed by atoms with van der Waals surface area (Å²) in [7, 11) is 1.71. The SMILES string of the molecule is CCNC(=NCc1c(C)nn(CCOC)c1C)NCCc1cc(C)cc(C)c1. The van der Waals surface area contributed by atoms with E-state index in [1.807, 2.05) is 11.6 Å². The first-order chi connectivity index (χ1) is 13.4. The number of nitrogens with one attached hydrogen (secondary N) is 2. The maximum Gasteiger partial charge on any atom is 0.191 e. The van der Waals surface area contributed by atoms with Crippen LogP contribution in [0.1, 0.15) is 40.6 Å². The molecule has 1 heterocycles.